The van der Waals surface area contributed by atoms with Gasteiger partial charge in [-0.1, -0.05) is 18.2 Å². The lowest BCUT2D eigenvalue weighted by Gasteiger charge is -2.18. The minimum absolute atomic E-state index is 0.101. The van der Waals surface area contributed by atoms with E-state index in [1.165, 1.54) is 43.5 Å². The Morgan fingerprint density at radius 2 is 1.51 bits per heavy atom. The van der Waals surface area contributed by atoms with Gasteiger partial charge in [-0.3, -0.25) is 29.8 Å². The number of para-hydroxylation sites is 2. The fourth-order valence-corrected chi connectivity index (χ4v) is 5.75. The highest BCUT2D eigenvalue weighted by Crippen LogP contribution is 2.38. The van der Waals surface area contributed by atoms with Crippen LogP contribution in [0.2, 0.25) is 0 Å². The second-order valence-electron chi connectivity index (χ2n) is 11.2. The highest BCUT2D eigenvalue weighted by Gasteiger charge is 2.30. The van der Waals surface area contributed by atoms with Crippen LogP contribution in [0.1, 0.15) is 26.3 Å². The summed E-state index contributed by atoms with van der Waals surface area (Å²) in [7, 11) is -3.36. The zero-order valence-corrected chi connectivity index (χ0v) is 28.3. The lowest BCUT2D eigenvalue weighted by molar-refractivity contribution is -0.110. The molecule has 17 heteroatoms. The number of anilines is 4. The molecule has 0 saturated heterocycles. The Bertz CT molecular complexity index is 2450. The molecule has 16 nitrogen and oxygen atoms in total. The number of amides is 1. The molecule has 0 unspecified atom stereocenters. The van der Waals surface area contributed by atoms with Gasteiger partial charge in [0, 0.05) is 22.9 Å². The number of benzene rings is 4. The summed E-state index contributed by atoms with van der Waals surface area (Å²) in [6.45, 7) is 0. The maximum atomic E-state index is 13.5. The number of nitrogens with one attached hydrogen (secondary N) is 3. The minimum Gasteiger partial charge on any atom is -0.505 e. The lowest BCUT2D eigenvalue weighted by atomic mass is 9.92. The first-order valence-corrected chi connectivity index (χ1v) is 16.9. The van der Waals surface area contributed by atoms with E-state index in [1.807, 2.05) is 0 Å². The van der Waals surface area contributed by atoms with Crippen molar-refractivity contribution in [2.45, 2.75) is 4.90 Å². The molecule has 2 aliphatic carbocycles. The van der Waals surface area contributed by atoms with Crippen molar-refractivity contribution in [2.24, 2.45) is 20.4 Å². The summed E-state index contributed by atoms with van der Waals surface area (Å²) in [6, 6.07) is 20.4. The lowest BCUT2D eigenvalue weighted by Crippen LogP contribution is -2.22. The van der Waals surface area contributed by atoms with Crippen LogP contribution in [-0.4, -0.2) is 54.1 Å². The van der Waals surface area contributed by atoms with Crippen LogP contribution in [-0.2, 0) is 14.9 Å². The number of aliphatic hydroxyl groups is 1. The van der Waals surface area contributed by atoms with Crippen molar-refractivity contribution in [2.75, 3.05) is 29.0 Å². The SMILES string of the molecule is COc1ccccc1N/N=C1\C=Cc2c(S(=O)(=O)O)cc(N=Nc3ccc(NC(=O)c4ccc(N/N=C5/C=CC(=O)C=C5O)cc4)cc3)c(N)c2C1=O. The first-order chi connectivity index (χ1) is 25.4. The molecular formula is C36H28N8O8S. The number of nitrogens with zero attached hydrogens (tertiary/aromatic N) is 4. The number of aliphatic hydroxyl groups excluding tert-OH is 1. The second kappa shape index (κ2) is 14.9. The van der Waals surface area contributed by atoms with E-state index < -0.39 is 26.7 Å². The number of ketones is 2. The Morgan fingerprint density at radius 3 is 2.21 bits per heavy atom. The zero-order valence-electron chi connectivity index (χ0n) is 27.5. The summed E-state index contributed by atoms with van der Waals surface area (Å²) in [5.74, 6) is -1.28. The Hall–Kier alpha value is -7.24. The van der Waals surface area contributed by atoms with Crippen molar-refractivity contribution < 1.29 is 37.2 Å². The smallest absolute Gasteiger partial charge is 0.295 e. The predicted octanol–water partition coefficient (Wildman–Crippen LogP) is 6.22. The van der Waals surface area contributed by atoms with Crippen molar-refractivity contribution >= 4 is 79.2 Å². The van der Waals surface area contributed by atoms with Crippen LogP contribution in [0.15, 0.2) is 134 Å². The fraction of sp³-hybridized carbons (Fsp3) is 0.0278. The summed E-state index contributed by atoms with van der Waals surface area (Å²) < 4.78 is 40.0. The first kappa shape index (κ1) is 35.6. The van der Waals surface area contributed by atoms with Gasteiger partial charge in [0.1, 0.15) is 33.5 Å². The van der Waals surface area contributed by atoms with Gasteiger partial charge in [0.15, 0.2) is 5.78 Å². The number of nitrogens with two attached hydrogens (primary N) is 1. The monoisotopic (exact) mass is 732 g/mol. The number of hydrogen-bond acceptors (Lipinski definition) is 14. The van der Waals surface area contributed by atoms with Crippen molar-refractivity contribution in [1.82, 2.24) is 0 Å². The van der Waals surface area contributed by atoms with E-state index in [0.29, 0.717) is 28.4 Å². The maximum Gasteiger partial charge on any atom is 0.295 e. The first-order valence-electron chi connectivity index (χ1n) is 15.4. The van der Waals surface area contributed by atoms with Crippen molar-refractivity contribution in [1.29, 1.82) is 0 Å². The van der Waals surface area contributed by atoms with Gasteiger partial charge in [0.2, 0.25) is 5.78 Å². The van der Waals surface area contributed by atoms with Crippen molar-refractivity contribution in [3.05, 3.63) is 126 Å². The van der Waals surface area contributed by atoms with Gasteiger partial charge in [-0.05, 0) is 85.0 Å². The molecule has 2 aliphatic rings. The normalized spacial score (nSPS) is 15.4. The number of carbonyl (C=O) groups is 3. The number of hydrazone groups is 2. The molecule has 0 atom stereocenters. The molecule has 0 heterocycles. The number of rotatable bonds is 10. The van der Waals surface area contributed by atoms with Gasteiger partial charge in [0.05, 0.1) is 35.4 Å². The average molecular weight is 733 g/mol. The molecule has 0 aromatic heterocycles. The van der Waals surface area contributed by atoms with Crippen LogP contribution >= 0.6 is 0 Å². The number of carbonyl (C=O) groups excluding carboxylic acids is 3. The Balaban J connectivity index is 1.16. The third-order valence-corrected chi connectivity index (χ3v) is 8.59. The molecule has 7 N–H and O–H groups in total. The summed E-state index contributed by atoms with van der Waals surface area (Å²) in [5, 5.41) is 29.0. The molecule has 0 fully saturated rings. The molecule has 4 aromatic rings. The number of ether oxygens (including phenoxy) is 1. The van der Waals surface area contributed by atoms with Gasteiger partial charge in [-0.15, -0.1) is 5.11 Å². The topological polar surface area (TPSA) is 247 Å². The second-order valence-corrected chi connectivity index (χ2v) is 12.6. The predicted molar refractivity (Wildman–Crippen MR) is 199 cm³/mol. The van der Waals surface area contributed by atoms with Gasteiger partial charge >= 0.3 is 0 Å². The largest absolute Gasteiger partial charge is 0.505 e. The Labute approximate surface area is 301 Å². The van der Waals surface area contributed by atoms with Gasteiger partial charge in [-0.25, -0.2) is 0 Å². The van der Waals surface area contributed by atoms with E-state index in [4.69, 9.17) is 10.5 Å². The standard InChI is InChI=1S/C36H28N8O8S/c1-52-31-5-3-2-4-27(31)42-43-28-17-15-25-32(53(49,50)51)19-29(34(37)33(25)35(28)47)44-40-23-12-10-21(11-13-23)38-36(48)20-6-8-22(9-7-20)39-41-26-16-14-24(45)18-30(26)46/h2-19,39,42,46H,37H2,1H3,(H,38,48)(H,49,50,51)/b41-26-,43-28+,44-40?. The molecule has 4 aromatic carbocycles. The number of methoxy groups -OCH3 is 1. The van der Waals surface area contributed by atoms with Crippen LogP contribution < -0.4 is 26.6 Å². The summed E-state index contributed by atoms with van der Waals surface area (Å²) in [5.41, 5.74) is 13.2. The molecule has 266 valence electrons. The molecule has 0 bridgehead atoms. The molecule has 0 radical (unpaired) electrons. The van der Waals surface area contributed by atoms with Gasteiger partial charge in [0.25, 0.3) is 16.0 Å². The van der Waals surface area contributed by atoms with E-state index in [2.05, 4.69) is 36.6 Å². The molecular weight excluding hydrogens is 705 g/mol. The number of hydrogen-bond donors (Lipinski definition) is 6. The van der Waals surface area contributed by atoms with Crippen LogP contribution in [0.25, 0.3) is 6.08 Å². The molecule has 0 aliphatic heterocycles. The van der Waals surface area contributed by atoms with E-state index in [1.54, 1.807) is 60.7 Å². The molecule has 6 rings (SSSR count). The third-order valence-electron chi connectivity index (χ3n) is 7.69. The maximum absolute atomic E-state index is 13.5. The quantitative estimate of drug-likeness (QED) is 0.0351. The number of allylic oxidation sites excluding steroid dienone is 4. The van der Waals surface area contributed by atoms with E-state index >= 15 is 0 Å². The average Bonchev–Trinajstić information content (AvgIpc) is 3.14. The number of Topliss-reactive ketones (excluding diaryl/α,β-unsaturated/α-hetero) is 1. The van der Waals surface area contributed by atoms with Crippen LogP contribution in [0.3, 0.4) is 0 Å². The number of nitrogen functional groups attached to an aromatic ring is 1. The minimum atomic E-state index is -4.83. The van der Waals surface area contributed by atoms with Gasteiger partial charge < -0.3 is 20.9 Å². The van der Waals surface area contributed by atoms with Crippen molar-refractivity contribution in [3.8, 4) is 5.75 Å². The Morgan fingerprint density at radius 1 is 0.830 bits per heavy atom. The molecule has 0 saturated carbocycles. The van der Waals surface area contributed by atoms with Crippen LogP contribution in [0.4, 0.5) is 34.1 Å². The van der Waals surface area contributed by atoms with Crippen molar-refractivity contribution in [3.63, 3.8) is 0 Å². The number of azo groups is 1. The van der Waals surface area contributed by atoms with E-state index in [0.717, 1.165) is 12.1 Å². The molecule has 53 heavy (non-hydrogen) atoms. The van der Waals surface area contributed by atoms with E-state index in [-0.39, 0.29) is 51.2 Å². The zero-order chi connectivity index (χ0) is 37.7. The number of fused-ring (bicyclic) bond motifs is 1. The summed E-state index contributed by atoms with van der Waals surface area (Å²) >= 11 is 0. The third kappa shape index (κ3) is 8.06. The summed E-state index contributed by atoms with van der Waals surface area (Å²) in [4.78, 5) is 37.1. The van der Waals surface area contributed by atoms with Crippen LogP contribution in [0.5, 0.6) is 5.75 Å². The fourth-order valence-electron chi connectivity index (χ4n) is 5.04. The summed E-state index contributed by atoms with van der Waals surface area (Å²) in [6.07, 6.45) is 6.29. The van der Waals surface area contributed by atoms with E-state index in [9.17, 15) is 32.5 Å². The molecule has 0 spiro atoms. The van der Waals surface area contributed by atoms with Gasteiger partial charge in [-0.2, -0.15) is 23.7 Å². The highest BCUT2D eigenvalue weighted by atomic mass is 32.2. The highest BCUT2D eigenvalue weighted by molar-refractivity contribution is 7.86. The molecule has 1 amide bonds. The Kier molecular flexibility index (Phi) is 10.0. The van der Waals surface area contributed by atoms with Crippen LogP contribution in [0, 0.1) is 0 Å².